The highest BCUT2D eigenvalue weighted by molar-refractivity contribution is 5.85. The molecule has 0 rings (SSSR count). The number of rotatable bonds is 5. The zero-order valence-corrected chi connectivity index (χ0v) is 11.1. The first-order valence-electron chi connectivity index (χ1n) is 5.52. The monoisotopic (exact) mass is 246 g/mol. The van der Waals surface area contributed by atoms with Gasteiger partial charge in [0, 0.05) is 6.54 Å². The molecule has 0 bridgehead atoms. The molecule has 0 aromatic carbocycles. The van der Waals surface area contributed by atoms with Crippen molar-refractivity contribution in [2.45, 2.75) is 45.8 Å². The Bertz CT molecular complexity index is 294. The second-order valence-corrected chi connectivity index (χ2v) is 5.19. The molecule has 3 N–H and O–H groups in total. The summed E-state index contributed by atoms with van der Waals surface area (Å²) in [6, 6.07) is -0.498. The summed E-state index contributed by atoms with van der Waals surface area (Å²) in [7, 11) is 0. The van der Waals surface area contributed by atoms with Crippen LogP contribution in [0.2, 0.25) is 0 Å². The van der Waals surface area contributed by atoms with Crippen LogP contribution in [-0.2, 0) is 4.79 Å². The molecule has 0 radical (unpaired) electrons. The van der Waals surface area contributed by atoms with Crippen LogP contribution in [0.1, 0.15) is 34.6 Å². The topological polar surface area (TPSA) is 89.9 Å². The summed E-state index contributed by atoms with van der Waals surface area (Å²) in [5.74, 6) is -1.11. The van der Waals surface area contributed by atoms with Gasteiger partial charge in [-0.1, -0.05) is 0 Å². The Morgan fingerprint density at radius 1 is 1.24 bits per heavy atom. The number of hydrogen-bond donors (Lipinski definition) is 3. The summed E-state index contributed by atoms with van der Waals surface area (Å²) in [5, 5.41) is 20.9. The lowest BCUT2D eigenvalue weighted by Crippen LogP contribution is -2.56. The SMILES string of the molecule is CCN(CC(C)(C)O)C(=O)NC(C)(C)C(=O)O. The number of nitrogens with zero attached hydrogens (tertiary/aromatic N) is 1. The number of nitrogens with one attached hydrogen (secondary N) is 1. The number of carbonyl (C=O) groups excluding carboxylic acids is 1. The third-order valence-corrected chi connectivity index (χ3v) is 2.20. The third-order valence-electron chi connectivity index (χ3n) is 2.20. The molecule has 0 spiro atoms. The zero-order chi connectivity index (χ0) is 13.9. The standard InChI is InChI=1S/C11H22N2O4/c1-6-13(7-10(2,3)17)9(16)12-11(4,5)8(14)15/h17H,6-7H2,1-5H3,(H,12,16)(H,14,15). The predicted octanol–water partition coefficient (Wildman–Crippen LogP) is 0.652. The zero-order valence-electron chi connectivity index (χ0n) is 11.1. The van der Waals surface area contributed by atoms with E-state index in [4.69, 9.17) is 5.11 Å². The molecular formula is C11H22N2O4. The number of amides is 2. The molecule has 0 aliphatic rings. The smallest absolute Gasteiger partial charge is 0.328 e. The van der Waals surface area contributed by atoms with Crippen LogP contribution in [0, 0.1) is 0 Å². The normalized spacial score (nSPS) is 12.1. The van der Waals surface area contributed by atoms with E-state index < -0.39 is 23.1 Å². The van der Waals surface area contributed by atoms with Gasteiger partial charge in [-0.2, -0.15) is 0 Å². The summed E-state index contributed by atoms with van der Waals surface area (Å²) >= 11 is 0. The van der Waals surface area contributed by atoms with Gasteiger partial charge in [0.05, 0.1) is 12.1 Å². The van der Waals surface area contributed by atoms with Gasteiger partial charge in [-0.3, -0.25) is 0 Å². The van der Waals surface area contributed by atoms with Gasteiger partial charge in [0.1, 0.15) is 5.54 Å². The highest BCUT2D eigenvalue weighted by atomic mass is 16.4. The van der Waals surface area contributed by atoms with Gasteiger partial charge < -0.3 is 20.4 Å². The van der Waals surface area contributed by atoms with Gasteiger partial charge in [-0.15, -0.1) is 0 Å². The van der Waals surface area contributed by atoms with Gasteiger partial charge >= 0.3 is 12.0 Å². The molecule has 0 atom stereocenters. The number of aliphatic carboxylic acids is 1. The maximum atomic E-state index is 11.8. The molecule has 0 aliphatic carbocycles. The highest BCUT2D eigenvalue weighted by Gasteiger charge is 2.31. The lowest BCUT2D eigenvalue weighted by atomic mass is 10.1. The molecule has 0 unspecified atom stereocenters. The Morgan fingerprint density at radius 2 is 1.71 bits per heavy atom. The molecule has 0 aromatic rings. The third kappa shape index (κ3) is 5.53. The predicted molar refractivity (Wildman–Crippen MR) is 63.8 cm³/mol. The van der Waals surface area contributed by atoms with Crippen molar-refractivity contribution in [3.8, 4) is 0 Å². The second-order valence-electron chi connectivity index (χ2n) is 5.19. The minimum atomic E-state index is -1.33. The molecule has 0 aromatic heterocycles. The van der Waals surface area contributed by atoms with E-state index in [1.54, 1.807) is 20.8 Å². The van der Waals surface area contributed by atoms with E-state index in [2.05, 4.69) is 5.32 Å². The number of hydrogen-bond acceptors (Lipinski definition) is 3. The number of aliphatic hydroxyl groups is 1. The largest absolute Gasteiger partial charge is 0.480 e. The first-order chi connectivity index (χ1) is 7.49. The van der Waals surface area contributed by atoms with Crippen LogP contribution in [0.25, 0.3) is 0 Å². The first-order valence-corrected chi connectivity index (χ1v) is 5.52. The molecule has 0 aliphatic heterocycles. The van der Waals surface area contributed by atoms with E-state index in [1.165, 1.54) is 18.7 Å². The molecule has 0 heterocycles. The van der Waals surface area contributed by atoms with Crippen molar-refractivity contribution < 1.29 is 19.8 Å². The Hall–Kier alpha value is -1.30. The molecule has 6 heteroatoms. The summed E-state index contributed by atoms with van der Waals surface area (Å²) in [5.41, 5.74) is -2.34. The van der Waals surface area contributed by atoms with Crippen LogP contribution < -0.4 is 5.32 Å². The Morgan fingerprint density at radius 3 is 2.00 bits per heavy atom. The quantitative estimate of drug-likeness (QED) is 0.664. The van der Waals surface area contributed by atoms with Crippen molar-refractivity contribution in [1.82, 2.24) is 10.2 Å². The van der Waals surface area contributed by atoms with E-state index >= 15 is 0 Å². The minimum Gasteiger partial charge on any atom is -0.480 e. The van der Waals surface area contributed by atoms with Crippen molar-refractivity contribution >= 4 is 12.0 Å². The van der Waals surface area contributed by atoms with Crippen molar-refractivity contribution in [1.29, 1.82) is 0 Å². The number of carboxylic acid groups (broad SMARTS) is 1. The average Bonchev–Trinajstić information content (AvgIpc) is 2.11. The molecule has 2 amide bonds. The molecule has 6 nitrogen and oxygen atoms in total. The summed E-state index contributed by atoms with van der Waals surface area (Å²) in [6.45, 7) is 8.29. The second kappa shape index (κ2) is 5.35. The maximum absolute atomic E-state index is 11.8. The maximum Gasteiger partial charge on any atom is 0.328 e. The van der Waals surface area contributed by atoms with E-state index in [-0.39, 0.29) is 6.54 Å². The molecule has 100 valence electrons. The number of carboxylic acids is 1. The fourth-order valence-electron chi connectivity index (χ4n) is 1.19. The Balaban J connectivity index is 4.62. The first kappa shape index (κ1) is 15.7. The Kier molecular flexibility index (Phi) is 4.94. The van der Waals surface area contributed by atoms with Crippen molar-refractivity contribution in [3.63, 3.8) is 0 Å². The van der Waals surface area contributed by atoms with Crippen LogP contribution >= 0.6 is 0 Å². The molecule has 17 heavy (non-hydrogen) atoms. The average molecular weight is 246 g/mol. The molecule has 0 saturated carbocycles. The highest BCUT2D eigenvalue weighted by Crippen LogP contribution is 2.08. The molecular weight excluding hydrogens is 224 g/mol. The van der Waals surface area contributed by atoms with E-state index in [0.717, 1.165) is 0 Å². The van der Waals surface area contributed by atoms with Crippen molar-refractivity contribution in [2.75, 3.05) is 13.1 Å². The van der Waals surface area contributed by atoms with Gasteiger partial charge in [-0.05, 0) is 34.6 Å². The van der Waals surface area contributed by atoms with Crippen molar-refractivity contribution in [2.24, 2.45) is 0 Å². The van der Waals surface area contributed by atoms with Crippen LogP contribution in [0.3, 0.4) is 0 Å². The van der Waals surface area contributed by atoms with E-state index in [0.29, 0.717) is 6.54 Å². The van der Waals surface area contributed by atoms with Crippen molar-refractivity contribution in [3.05, 3.63) is 0 Å². The summed E-state index contributed by atoms with van der Waals surface area (Å²) in [4.78, 5) is 24.0. The Labute approximate surface area is 102 Å². The summed E-state index contributed by atoms with van der Waals surface area (Å²) < 4.78 is 0. The molecule has 0 fully saturated rings. The van der Waals surface area contributed by atoms with Gasteiger partial charge in [-0.25, -0.2) is 9.59 Å². The fourth-order valence-corrected chi connectivity index (χ4v) is 1.19. The lowest BCUT2D eigenvalue weighted by molar-refractivity contribution is -0.143. The molecule has 0 saturated heterocycles. The van der Waals surface area contributed by atoms with Crippen LogP contribution in [0.5, 0.6) is 0 Å². The number of carbonyl (C=O) groups is 2. The van der Waals surface area contributed by atoms with Crippen LogP contribution in [-0.4, -0.2) is 51.3 Å². The van der Waals surface area contributed by atoms with Crippen LogP contribution in [0.15, 0.2) is 0 Å². The van der Waals surface area contributed by atoms with Gasteiger partial charge in [0.15, 0.2) is 0 Å². The minimum absolute atomic E-state index is 0.144. The van der Waals surface area contributed by atoms with Crippen LogP contribution in [0.4, 0.5) is 4.79 Å². The van der Waals surface area contributed by atoms with E-state index in [1.807, 2.05) is 0 Å². The lowest BCUT2D eigenvalue weighted by Gasteiger charge is -2.31. The number of urea groups is 1. The number of likely N-dealkylation sites (N-methyl/N-ethyl adjacent to an activating group) is 1. The van der Waals surface area contributed by atoms with E-state index in [9.17, 15) is 14.7 Å². The van der Waals surface area contributed by atoms with Gasteiger partial charge in [0.25, 0.3) is 0 Å². The summed E-state index contributed by atoms with van der Waals surface area (Å²) in [6.07, 6.45) is 0. The fraction of sp³-hybridized carbons (Fsp3) is 0.818. The van der Waals surface area contributed by atoms with Gasteiger partial charge in [0.2, 0.25) is 0 Å².